The standard InChI is InChI=1S/C12H15FO2/c13-10-7-12(15)11(14)6-9(10)8-4-2-1-3-5-8/h6-8,14-15H,1-5H2. The molecule has 2 rings (SSSR count). The first kappa shape index (κ1) is 10.3. The SMILES string of the molecule is Oc1cc(F)c(C2CCCCC2)cc1O. The Morgan fingerprint density at radius 3 is 2.27 bits per heavy atom. The summed E-state index contributed by atoms with van der Waals surface area (Å²) >= 11 is 0. The van der Waals surface area contributed by atoms with Crippen molar-refractivity contribution in [3.05, 3.63) is 23.5 Å². The fraction of sp³-hybridized carbons (Fsp3) is 0.500. The van der Waals surface area contributed by atoms with Crippen LogP contribution in [0.2, 0.25) is 0 Å². The van der Waals surface area contributed by atoms with Crippen LogP contribution in [0.3, 0.4) is 0 Å². The summed E-state index contributed by atoms with van der Waals surface area (Å²) in [5, 5.41) is 18.5. The lowest BCUT2D eigenvalue weighted by Crippen LogP contribution is -2.06. The van der Waals surface area contributed by atoms with Crippen LogP contribution in [-0.2, 0) is 0 Å². The monoisotopic (exact) mass is 210 g/mol. The molecule has 1 aliphatic carbocycles. The Balaban J connectivity index is 2.30. The number of benzene rings is 1. The Hall–Kier alpha value is -1.25. The number of hydrogen-bond acceptors (Lipinski definition) is 2. The molecule has 0 radical (unpaired) electrons. The molecule has 0 unspecified atom stereocenters. The number of rotatable bonds is 1. The van der Waals surface area contributed by atoms with Gasteiger partial charge in [-0.25, -0.2) is 4.39 Å². The summed E-state index contributed by atoms with van der Waals surface area (Å²) in [7, 11) is 0. The first-order valence-electron chi connectivity index (χ1n) is 5.40. The van der Waals surface area contributed by atoms with Crippen molar-refractivity contribution in [1.29, 1.82) is 0 Å². The van der Waals surface area contributed by atoms with Crippen LogP contribution in [0.1, 0.15) is 43.6 Å². The van der Waals surface area contributed by atoms with Crippen LogP contribution in [0, 0.1) is 5.82 Å². The summed E-state index contributed by atoms with van der Waals surface area (Å²) < 4.78 is 13.5. The molecule has 0 heterocycles. The zero-order chi connectivity index (χ0) is 10.8. The highest BCUT2D eigenvalue weighted by Crippen LogP contribution is 2.38. The summed E-state index contributed by atoms with van der Waals surface area (Å²) in [6.45, 7) is 0. The van der Waals surface area contributed by atoms with Crippen molar-refractivity contribution in [2.45, 2.75) is 38.0 Å². The Labute approximate surface area is 88.4 Å². The molecular formula is C12H15FO2. The topological polar surface area (TPSA) is 40.5 Å². The lowest BCUT2D eigenvalue weighted by Gasteiger charge is -2.22. The number of aromatic hydroxyl groups is 2. The molecule has 1 aliphatic rings. The van der Waals surface area contributed by atoms with Crippen LogP contribution in [-0.4, -0.2) is 10.2 Å². The molecule has 0 spiro atoms. The van der Waals surface area contributed by atoms with Crippen molar-refractivity contribution >= 4 is 0 Å². The quantitative estimate of drug-likeness (QED) is 0.698. The summed E-state index contributed by atoms with van der Waals surface area (Å²) in [6.07, 6.45) is 5.39. The van der Waals surface area contributed by atoms with E-state index in [9.17, 15) is 9.50 Å². The second-order valence-corrected chi connectivity index (χ2v) is 4.20. The molecule has 1 aromatic rings. The third kappa shape index (κ3) is 2.06. The van der Waals surface area contributed by atoms with E-state index in [1.54, 1.807) is 0 Å². The molecule has 2 nitrogen and oxygen atoms in total. The Morgan fingerprint density at radius 2 is 1.60 bits per heavy atom. The van der Waals surface area contributed by atoms with Gasteiger partial charge in [-0.15, -0.1) is 0 Å². The molecule has 1 saturated carbocycles. The first-order chi connectivity index (χ1) is 7.18. The van der Waals surface area contributed by atoms with Crippen molar-refractivity contribution in [2.24, 2.45) is 0 Å². The van der Waals surface area contributed by atoms with Gasteiger partial charge in [0.15, 0.2) is 11.5 Å². The smallest absolute Gasteiger partial charge is 0.160 e. The van der Waals surface area contributed by atoms with E-state index in [4.69, 9.17) is 5.11 Å². The van der Waals surface area contributed by atoms with E-state index in [1.165, 1.54) is 12.5 Å². The van der Waals surface area contributed by atoms with Gasteiger partial charge in [-0.1, -0.05) is 19.3 Å². The van der Waals surface area contributed by atoms with Crippen molar-refractivity contribution in [2.75, 3.05) is 0 Å². The van der Waals surface area contributed by atoms with Crippen LogP contribution in [0.15, 0.2) is 12.1 Å². The van der Waals surface area contributed by atoms with Crippen LogP contribution >= 0.6 is 0 Å². The predicted octanol–water partition coefficient (Wildman–Crippen LogP) is 3.28. The fourth-order valence-corrected chi connectivity index (χ4v) is 2.29. The van der Waals surface area contributed by atoms with Gasteiger partial charge in [-0.05, 0) is 30.4 Å². The highest BCUT2D eigenvalue weighted by atomic mass is 19.1. The average Bonchev–Trinajstić information content (AvgIpc) is 2.25. The van der Waals surface area contributed by atoms with Crippen LogP contribution in [0.25, 0.3) is 0 Å². The predicted molar refractivity (Wildman–Crippen MR) is 55.6 cm³/mol. The average molecular weight is 210 g/mol. The van der Waals surface area contributed by atoms with Gasteiger partial charge >= 0.3 is 0 Å². The highest BCUT2D eigenvalue weighted by Gasteiger charge is 2.20. The van der Waals surface area contributed by atoms with Gasteiger partial charge in [-0.3, -0.25) is 0 Å². The molecule has 2 N–H and O–H groups in total. The fourth-order valence-electron chi connectivity index (χ4n) is 2.29. The second-order valence-electron chi connectivity index (χ2n) is 4.20. The van der Waals surface area contributed by atoms with E-state index in [1.807, 2.05) is 0 Å². The minimum absolute atomic E-state index is 0.199. The summed E-state index contributed by atoms with van der Waals surface area (Å²) in [5.41, 5.74) is 0.546. The highest BCUT2D eigenvalue weighted by molar-refractivity contribution is 5.42. The molecular weight excluding hydrogens is 195 g/mol. The molecule has 0 aliphatic heterocycles. The van der Waals surface area contributed by atoms with Gasteiger partial charge in [0.05, 0.1) is 0 Å². The molecule has 1 fully saturated rings. The van der Waals surface area contributed by atoms with Gasteiger partial charge in [0, 0.05) is 6.07 Å². The second kappa shape index (κ2) is 4.09. The van der Waals surface area contributed by atoms with E-state index in [0.717, 1.165) is 31.7 Å². The molecule has 82 valence electrons. The summed E-state index contributed by atoms with van der Waals surface area (Å²) in [6, 6.07) is 2.36. The number of phenolic OH excluding ortho intramolecular Hbond substituents is 2. The third-order valence-electron chi connectivity index (χ3n) is 3.14. The van der Waals surface area contributed by atoms with E-state index in [2.05, 4.69) is 0 Å². The first-order valence-corrected chi connectivity index (χ1v) is 5.40. The molecule has 0 bridgehead atoms. The molecule has 3 heteroatoms. The minimum Gasteiger partial charge on any atom is -0.504 e. The Morgan fingerprint density at radius 1 is 1.00 bits per heavy atom. The largest absolute Gasteiger partial charge is 0.504 e. The van der Waals surface area contributed by atoms with E-state index < -0.39 is 5.82 Å². The van der Waals surface area contributed by atoms with Crippen molar-refractivity contribution in [3.8, 4) is 11.5 Å². The normalized spacial score (nSPS) is 17.9. The van der Waals surface area contributed by atoms with Gasteiger partial charge in [-0.2, -0.15) is 0 Å². The zero-order valence-corrected chi connectivity index (χ0v) is 8.54. The molecule has 0 saturated heterocycles. The van der Waals surface area contributed by atoms with Crippen LogP contribution in [0.4, 0.5) is 4.39 Å². The lowest BCUT2D eigenvalue weighted by atomic mass is 9.84. The maximum atomic E-state index is 13.5. The number of phenols is 2. The van der Waals surface area contributed by atoms with Crippen molar-refractivity contribution in [3.63, 3.8) is 0 Å². The Kier molecular flexibility index (Phi) is 2.80. The van der Waals surface area contributed by atoms with E-state index >= 15 is 0 Å². The molecule has 0 amide bonds. The summed E-state index contributed by atoms with van der Waals surface area (Å²) in [4.78, 5) is 0. The maximum absolute atomic E-state index is 13.5. The van der Waals surface area contributed by atoms with Gasteiger partial charge < -0.3 is 10.2 Å². The minimum atomic E-state index is -0.405. The molecule has 0 atom stereocenters. The molecule has 1 aromatic carbocycles. The van der Waals surface area contributed by atoms with Gasteiger partial charge in [0.25, 0.3) is 0 Å². The molecule has 15 heavy (non-hydrogen) atoms. The van der Waals surface area contributed by atoms with Gasteiger partial charge in [0.2, 0.25) is 0 Å². The maximum Gasteiger partial charge on any atom is 0.160 e. The third-order valence-corrected chi connectivity index (χ3v) is 3.14. The number of hydrogen-bond donors (Lipinski definition) is 2. The number of halogens is 1. The molecule has 0 aromatic heterocycles. The summed E-state index contributed by atoms with van der Waals surface area (Å²) in [5.74, 6) is -0.813. The van der Waals surface area contributed by atoms with Crippen LogP contribution in [0.5, 0.6) is 11.5 Å². The van der Waals surface area contributed by atoms with Crippen molar-refractivity contribution < 1.29 is 14.6 Å². The van der Waals surface area contributed by atoms with E-state index in [0.29, 0.717) is 5.56 Å². The zero-order valence-electron chi connectivity index (χ0n) is 8.54. The van der Waals surface area contributed by atoms with Gasteiger partial charge in [0.1, 0.15) is 5.82 Å². The van der Waals surface area contributed by atoms with Crippen LogP contribution < -0.4 is 0 Å². The Bertz CT molecular complexity index is 357. The van der Waals surface area contributed by atoms with Crippen molar-refractivity contribution in [1.82, 2.24) is 0 Å². The lowest BCUT2D eigenvalue weighted by molar-refractivity contribution is 0.390. The van der Waals surface area contributed by atoms with E-state index in [-0.39, 0.29) is 17.4 Å².